The molecule has 120 valence electrons. The molecule has 1 aliphatic rings. The van der Waals surface area contributed by atoms with E-state index in [0.29, 0.717) is 24.5 Å². The van der Waals surface area contributed by atoms with Crippen molar-refractivity contribution in [3.8, 4) is 0 Å². The van der Waals surface area contributed by atoms with Crippen molar-refractivity contribution in [1.29, 1.82) is 0 Å². The van der Waals surface area contributed by atoms with Crippen LogP contribution in [0.3, 0.4) is 0 Å². The molecule has 0 aromatic carbocycles. The standard InChI is InChI=1S/C13H25N5O2S/c1-3-14-5-8-17-12-13(11-15-17)21(19,20)18-7-4-6-16(2)9-10-18/h11-12,14H,3-10H2,1-2H3. The highest BCUT2D eigenvalue weighted by molar-refractivity contribution is 7.89. The third-order valence-electron chi connectivity index (χ3n) is 3.69. The van der Waals surface area contributed by atoms with Crippen molar-refractivity contribution in [3.63, 3.8) is 0 Å². The van der Waals surface area contributed by atoms with Gasteiger partial charge in [0.1, 0.15) is 4.90 Å². The lowest BCUT2D eigenvalue weighted by molar-refractivity contribution is 0.347. The van der Waals surface area contributed by atoms with E-state index in [4.69, 9.17) is 0 Å². The number of hydrogen-bond donors (Lipinski definition) is 1. The third kappa shape index (κ3) is 4.26. The molecular weight excluding hydrogens is 290 g/mol. The van der Waals surface area contributed by atoms with Crippen LogP contribution in [-0.4, -0.2) is 73.7 Å². The van der Waals surface area contributed by atoms with Crippen molar-refractivity contribution in [3.05, 3.63) is 12.4 Å². The first kappa shape index (κ1) is 16.4. The number of aromatic nitrogens is 2. The van der Waals surface area contributed by atoms with Gasteiger partial charge in [-0.3, -0.25) is 4.68 Å². The highest BCUT2D eigenvalue weighted by Crippen LogP contribution is 2.16. The molecular formula is C13H25N5O2S. The summed E-state index contributed by atoms with van der Waals surface area (Å²) < 4.78 is 28.5. The minimum absolute atomic E-state index is 0.295. The maximum Gasteiger partial charge on any atom is 0.246 e. The first-order valence-corrected chi connectivity index (χ1v) is 8.90. The normalized spacial score (nSPS) is 18.8. The maximum absolute atomic E-state index is 12.6. The molecule has 1 aromatic heterocycles. The predicted molar refractivity (Wildman–Crippen MR) is 81.6 cm³/mol. The lowest BCUT2D eigenvalue weighted by Gasteiger charge is -2.19. The van der Waals surface area contributed by atoms with Crippen molar-refractivity contribution >= 4 is 10.0 Å². The van der Waals surface area contributed by atoms with E-state index in [2.05, 4.69) is 15.3 Å². The minimum Gasteiger partial charge on any atom is -0.315 e. The monoisotopic (exact) mass is 315 g/mol. The Morgan fingerprint density at radius 3 is 2.86 bits per heavy atom. The van der Waals surface area contributed by atoms with Crippen molar-refractivity contribution in [1.82, 2.24) is 24.3 Å². The molecule has 0 amide bonds. The number of sulfonamides is 1. The summed E-state index contributed by atoms with van der Waals surface area (Å²) in [6, 6.07) is 0. The van der Waals surface area contributed by atoms with Gasteiger partial charge in [0.05, 0.1) is 12.7 Å². The van der Waals surface area contributed by atoms with E-state index in [1.807, 2.05) is 14.0 Å². The quantitative estimate of drug-likeness (QED) is 0.738. The second kappa shape index (κ2) is 7.35. The molecule has 0 saturated carbocycles. The van der Waals surface area contributed by atoms with Crippen molar-refractivity contribution in [2.75, 3.05) is 46.3 Å². The molecule has 21 heavy (non-hydrogen) atoms. The van der Waals surface area contributed by atoms with Crippen LogP contribution in [0.1, 0.15) is 13.3 Å². The highest BCUT2D eigenvalue weighted by atomic mass is 32.2. The zero-order valence-electron chi connectivity index (χ0n) is 12.8. The van der Waals surface area contributed by atoms with Gasteiger partial charge < -0.3 is 10.2 Å². The minimum atomic E-state index is -3.42. The Morgan fingerprint density at radius 1 is 1.29 bits per heavy atom. The van der Waals surface area contributed by atoms with Gasteiger partial charge in [-0.2, -0.15) is 9.40 Å². The second-order valence-corrected chi connectivity index (χ2v) is 7.29. The summed E-state index contributed by atoms with van der Waals surface area (Å²) in [4.78, 5) is 2.46. The van der Waals surface area contributed by atoms with E-state index in [9.17, 15) is 8.42 Å². The molecule has 0 unspecified atom stereocenters. The molecule has 1 aromatic rings. The highest BCUT2D eigenvalue weighted by Gasteiger charge is 2.27. The van der Waals surface area contributed by atoms with Gasteiger partial charge in [0.25, 0.3) is 0 Å². The smallest absolute Gasteiger partial charge is 0.246 e. The Hall–Kier alpha value is -0.960. The molecule has 1 N–H and O–H groups in total. The van der Waals surface area contributed by atoms with E-state index < -0.39 is 10.0 Å². The topological polar surface area (TPSA) is 70.5 Å². The Labute approximate surface area is 127 Å². The summed E-state index contributed by atoms with van der Waals surface area (Å²) in [6.45, 7) is 7.22. The largest absolute Gasteiger partial charge is 0.315 e. The fourth-order valence-electron chi connectivity index (χ4n) is 2.38. The van der Waals surface area contributed by atoms with Crippen LogP contribution in [0, 0.1) is 0 Å². The van der Waals surface area contributed by atoms with Gasteiger partial charge in [-0.05, 0) is 26.6 Å². The van der Waals surface area contributed by atoms with Gasteiger partial charge in [-0.15, -0.1) is 0 Å². The summed E-state index contributed by atoms with van der Waals surface area (Å²) in [5, 5.41) is 7.34. The van der Waals surface area contributed by atoms with Crippen molar-refractivity contribution in [2.24, 2.45) is 0 Å². The summed E-state index contributed by atoms with van der Waals surface area (Å²) in [6.07, 6.45) is 3.95. The van der Waals surface area contributed by atoms with Crippen LogP contribution in [0.15, 0.2) is 17.3 Å². The maximum atomic E-state index is 12.6. The molecule has 1 saturated heterocycles. The lowest BCUT2D eigenvalue weighted by atomic mass is 10.4. The van der Waals surface area contributed by atoms with Crippen LogP contribution < -0.4 is 5.32 Å². The van der Waals surface area contributed by atoms with Gasteiger partial charge >= 0.3 is 0 Å². The number of nitrogens with zero attached hydrogens (tertiary/aromatic N) is 4. The van der Waals surface area contributed by atoms with Crippen LogP contribution in [0.4, 0.5) is 0 Å². The van der Waals surface area contributed by atoms with Crippen molar-refractivity contribution < 1.29 is 8.42 Å². The van der Waals surface area contributed by atoms with Crippen LogP contribution in [-0.2, 0) is 16.6 Å². The Morgan fingerprint density at radius 2 is 2.10 bits per heavy atom. The first-order valence-electron chi connectivity index (χ1n) is 7.46. The van der Waals surface area contributed by atoms with E-state index >= 15 is 0 Å². The van der Waals surface area contributed by atoms with E-state index in [1.165, 1.54) is 6.20 Å². The molecule has 2 rings (SSSR count). The van der Waals surface area contributed by atoms with Gasteiger partial charge in [0.15, 0.2) is 0 Å². The summed E-state index contributed by atoms with van der Waals surface area (Å²) in [7, 11) is -1.39. The van der Waals surface area contributed by atoms with E-state index in [0.717, 1.165) is 32.6 Å². The number of nitrogens with one attached hydrogen (secondary N) is 1. The Kier molecular flexibility index (Phi) is 5.74. The molecule has 1 fully saturated rings. The Balaban J connectivity index is 2.05. The van der Waals surface area contributed by atoms with Crippen LogP contribution in [0.2, 0.25) is 0 Å². The van der Waals surface area contributed by atoms with Crippen LogP contribution in [0.25, 0.3) is 0 Å². The average molecular weight is 315 g/mol. The fourth-order valence-corrected chi connectivity index (χ4v) is 3.81. The van der Waals surface area contributed by atoms with E-state index in [1.54, 1.807) is 15.2 Å². The lowest BCUT2D eigenvalue weighted by Crippen LogP contribution is -2.34. The van der Waals surface area contributed by atoms with Gasteiger partial charge in [0.2, 0.25) is 10.0 Å². The molecule has 0 aliphatic carbocycles. The predicted octanol–water partition coefficient (Wildman–Crippen LogP) is -0.181. The molecule has 0 bridgehead atoms. The van der Waals surface area contributed by atoms with Crippen molar-refractivity contribution in [2.45, 2.75) is 24.8 Å². The first-order chi connectivity index (χ1) is 10.0. The molecule has 8 heteroatoms. The molecule has 0 radical (unpaired) electrons. The number of hydrogen-bond acceptors (Lipinski definition) is 5. The Bertz CT molecular complexity index is 543. The van der Waals surface area contributed by atoms with Crippen LogP contribution >= 0.6 is 0 Å². The average Bonchev–Trinajstić information content (AvgIpc) is 2.81. The van der Waals surface area contributed by atoms with Gasteiger partial charge in [-0.1, -0.05) is 6.92 Å². The fraction of sp³-hybridized carbons (Fsp3) is 0.769. The summed E-state index contributed by atoms with van der Waals surface area (Å²) in [5.41, 5.74) is 0. The number of likely N-dealkylation sites (N-methyl/N-ethyl adjacent to an activating group) is 2. The van der Waals surface area contributed by atoms with Gasteiger partial charge in [0, 0.05) is 32.4 Å². The molecule has 7 nitrogen and oxygen atoms in total. The molecule has 1 aliphatic heterocycles. The zero-order valence-corrected chi connectivity index (χ0v) is 13.6. The molecule has 2 heterocycles. The van der Waals surface area contributed by atoms with Crippen LogP contribution in [0.5, 0.6) is 0 Å². The zero-order chi connectivity index (χ0) is 15.3. The summed E-state index contributed by atoms with van der Waals surface area (Å²) in [5.74, 6) is 0. The van der Waals surface area contributed by atoms with E-state index in [-0.39, 0.29) is 0 Å². The molecule has 0 atom stereocenters. The molecule has 0 spiro atoms. The van der Waals surface area contributed by atoms with Gasteiger partial charge in [-0.25, -0.2) is 8.42 Å². The third-order valence-corrected chi connectivity index (χ3v) is 5.55. The second-order valence-electron chi connectivity index (χ2n) is 5.35. The summed E-state index contributed by atoms with van der Waals surface area (Å²) >= 11 is 0. The number of rotatable bonds is 6. The SMILES string of the molecule is CCNCCn1cc(S(=O)(=O)N2CCCN(C)CC2)cn1.